The van der Waals surface area contributed by atoms with E-state index < -0.39 is 0 Å². The third-order valence-corrected chi connectivity index (χ3v) is 5.30. The fourth-order valence-corrected chi connectivity index (χ4v) is 4.36. The summed E-state index contributed by atoms with van der Waals surface area (Å²) in [5, 5.41) is 8.07. The van der Waals surface area contributed by atoms with Crippen molar-refractivity contribution >= 4 is 11.3 Å². The highest BCUT2D eigenvalue weighted by Crippen LogP contribution is 2.44. The van der Waals surface area contributed by atoms with E-state index in [0.717, 1.165) is 5.92 Å². The van der Waals surface area contributed by atoms with Gasteiger partial charge in [0.05, 0.1) is 6.04 Å². The van der Waals surface area contributed by atoms with Gasteiger partial charge < -0.3 is 10.2 Å². The van der Waals surface area contributed by atoms with Gasteiger partial charge in [0.2, 0.25) is 0 Å². The number of hydrogen-bond acceptors (Lipinski definition) is 3. The molecule has 3 heteroatoms. The zero-order chi connectivity index (χ0) is 13.2. The van der Waals surface area contributed by atoms with Gasteiger partial charge in [0.15, 0.2) is 0 Å². The van der Waals surface area contributed by atoms with Crippen LogP contribution in [0.1, 0.15) is 44.2 Å². The van der Waals surface area contributed by atoms with E-state index in [9.17, 15) is 0 Å². The summed E-state index contributed by atoms with van der Waals surface area (Å²) in [7, 11) is 6.59. The number of nitrogens with one attached hydrogen (secondary N) is 1. The second-order valence-electron chi connectivity index (χ2n) is 5.98. The van der Waals surface area contributed by atoms with Crippen molar-refractivity contribution in [2.45, 2.75) is 44.2 Å². The first-order valence-corrected chi connectivity index (χ1v) is 7.91. The van der Waals surface area contributed by atoms with Crippen LogP contribution in [0.15, 0.2) is 16.8 Å². The Morgan fingerprint density at radius 2 is 2.28 bits per heavy atom. The molecule has 0 aliphatic heterocycles. The summed E-state index contributed by atoms with van der Waals surface area (Å²) >= 11 is 1.80. The van der Waals surface area contributed by atoms with Gasteiger partial charge in [-0.05, 0) is 62.3 Å². The maximum absolute atomic E-state index is 3.58. The average molecular weight is 266 g/mol. The van der Waals surface area contributed by atoms with Gasteiger partial charge in [-0.25, -0.2) is 0 Å². The summed E-state index contributed by atoms with van der Waals surface area (Å²) in [5.41, 5.74) is 1.72. The number of rotatable bonds is 4. The summed E-state index contributed by atoms with van der Waals surface area (Å²) in [6.45, 7) is 2.40. The molecule has 0 bridgehead atoms. The van der Waals surface area contributed by atoms with Crippen LogP contribution in [0.2, 0.25) is 0 Å². The molecule has 3 unspecified atom stereocenters. The predicted octanol–water partition coefficient (Wildman–Crippen LogP) is 3.52. The van der Waals surface area contributed by atoms with Gasteiger partial charge in [0, 0.05) is 5.54 Å². The molecule has 1 N–H and O–H groups in total. The molecule has 0 spiro atoms. The number of nitrogens with zero attached hydrogens (tertiary/aromatic N) is 1. The number of hydrogen-bond donors (Lipinski definition) is 1. The van der Waals surface area contributed by atoms with E-state index in [0.29, 0.717) is 6.04 Å². The maximum Gasteiger partial charge on any atom is 0.0512 e. The van der Waals surface area contributed by atoms with Gasteiger partial charge in [-0.1, -0.05) is 19.8 Å². The fourth-order valence-electron chi connectivity index (χ4n) is 3.68. The monoisotopic (exact) mass is 266 g/mol. The minimum absolute atomic E-state index is 0.271. The Labute approximate surface area is 115 Å². The standard InChI is InChI=1S/C15H26N2S/c1-12-6-5-8-15(10-12,17(3)4)14(16-2)13-7-9-18-11-13/h7,9,11-12,14,16H,5-6,8,10H2,1-4H3. The van der Waals surface area contributed by atoms with E-state index in [2.05, 4.69) is 55.1 Å². The highest BCUT2D eigenvalue weighted by Gasteiger charge is 2.43. The quantitative estimate of drug-likeness (QED) is 0.897. The Morgan fingerprint density at radius 3 is 2.78 bits per heavy atom. The van der Waals surface area contributed by atoms with E-state index in [1.165, 1.54) is 31.2 Å². The first kappa shape index (κ1) is 14.0. The van der Waals surface area contributed by atoms with Gasteiger partial charge in [0.25, 0.3) is 0 Å². The van der Waals surface area contributed by atoms with Crippen molar-refractivity contribution in [2.24, 2.45) is 5.92 Å². The van der Waals surface area contributed by atoms with E-state index in [1.54, 1.807) is 11.3 Å². The zero-order valence-electron chi connectivity index (χ0n) is 12.1. The zero-order valence-corrected chi connectivity index (χ0v) is 12.9. The average Bonchev–Trinajstić information content (AvgIpc) is 2.83. The second-order valence-corrected chi connectivity index (χ2v) is 6.76. The van der Waals surface area contributed by atoms with E-state index in [1.807, 2.05) is 0 Å². The Kier molecular flexibility index (Phi) is 4.46. The molecule has 102 valence electrons. The molecule has 1 aliphatic carbocycles. The molecule has 0 radical (unpaired) electrons. The highest BCUT2D eigenvalue weighted by molar-refractivity contribution is 7.07. The van der Waals surface area contributed by atoms with Crippen LogP contribution in [0, 0.1) is 5.92 Å². The molecular weight excluding hydrogens is 240 g/mol. The van der Waals surface area contributed by atoms with Crippen molar-refractivity contribution < 1.29 is 0 Å². The lowest BCUT2D eigenvalue weighted by Crippen LogP contribution is -2.55. The van der Waals surface area contributed by atoms with Crippen LogP contribution in [-0.2, 0) is 0 Å². The molecule has 2 rings (SSSR count). The van der Waals surface area contributed by atoms with Crippen molar-refractivity contribution in [3.8, 4) is 0 Å². The first-order chi connectivity index (χ1) is 8.60. The van der Waals surface area contributed by atoms with Crippen LogP contribution in [0.4, 0.5) is 0 Å². The molecule has 1 aromatic rings. The lowest BCUT2D eigenvalue weighted by atomic mass is 9.70. The van der Waals surface area contributed by atoms with Crippen molar-refractivity contribution in [3.63, 3.8) is 0 Å². The van der Waals surface area contributed by atoms with Crippen LogP contribution in [0.3, 0.4) is 0 Å². The largest absolute Gasteiger partial charge is 0.311 e. The third kappa shape index (κ3) is 2.49. The van der Waals surface area contributed by atoms with E-state index in [4.69, 9.17) is 0 Å². The lowest BCUT2D eigenvalue weighted by Gasteiger charge is -2.50. The van der Waals surface area contributed by atoms with Gasteiger partial charge >= 0.3 is 0 Å². The molecule has 0 aromatic carbocycles. The molecule has 1 aliphatic rings. The molecule has 1 fully saturated rings. The topological polar surface area (TPSA) is 15.3 Å². The molecule has 0 saturated heterocycles. The minimum Gasteiger partial charge on any atom is -0.311 e. The molecule has 0 amide bonds. The number of likely N-dealkylation sites (N-methyl/N-ethyl adjacent to an activating group) is 2. The van der Waals surface area contributed by atoms with Gasteiger partial charge in [-0.15, -0.1) is 0 Å². The van der Waals surface area contributed by atoms with Crippen LogP contribution in [0.25, 0.3) is 0 Å². The van der Waals surface area contributed by atoms with Gasteiger partial charge in [0.1, 0.15) is 0 Å². The van der Waals surface area contributed by atoms with Gasteiger partial charge in [-0.3, -0.25) is 0 Å². The smallest absolute Gasteiger partial charge is 0.0512 e. The van der Waals surface area contributed by atoms with Crippen molar-refractivity contribution in [1.82, 2.24) is 10.2 Å². The summed E-state index contributed by atoms with van der Waals surface area (Å²) in [6.07, 6.45) is 5.32. The SMILES string of the molecule is CNC(c1ccsc1)C1(N(C)C)CCCC(C)C1. The maximum atomic E-state index is 3.58. The molecule has 18 heavy (non-hydrogen) atoms. The number of thiophene rings is 1. The molecule has 3 atom stereocenters. The van der Waals surface area contributed by atoms with E-state index in [-0.39, 0.29) is 5.54 Å². The van der Waals surface area contributed by atoms with Crippen molar-refractivity contribution in [2.75, 3.05) is 21.1 Å². The van der Waals surface area contributed by atoms with Crippen molar-refractivity contribution in [1.29, 1.82) is 0 Å². The van der Waals surface area contributed by atoms with Crippen LogP contribution < -0.4 is 5.32 Å². The molecular formula is C15H26N2S. The Hall–Kier alpha value is -0.380. The lowest BCUT2D eigenvalue weighted by molar-refractivity contribution is 0.0394. The Balaban J connectivity index is 2.33. The summed E-state index contributed by atoms with van der Waals surface area (Å²) < 4.78 is 0. The Bertz CT molecular complexity index is 361. The third-order valence-electron chi connectivity index (χ3n) is 4.60. The summed E-state index contributed by atoms with van der Waals surface area (Å²) in [4.78, 5) is 2.46. The molecule has 1 saturated carbocycles. The second kappa shape index (κ2) is 5.72. The summed E-state index contributed by atoms with van der Waals surface area (Å²) in [6, 6.07) is 2.72. The van der Waals surface area contributed by atoms with Crippen LogP contribution in [0.5, 0.6) is 0 Å². The fraction of sp³-hybridized carbons (Fsp3) is 0.733. The molecule has 1 aromatic heterocycles. The van der Waals surface area contributed by atoms with Crippen molar-refractivity contribution in [3.05, 3.63) is 22.4 Å². The first-order valence-electron chi connectivity index (χ1n) is 6.97. The summed E-state index contributed by atoms with van der Waals surface area (Å²) in [5.74, 6) is 0.829. The van der Waals surface area contributed by atoms with Crippen LogP contribution >= 0.6 is 11.3 Å². The molecule has 1 heterocycles. The van der Waals surface area contributed by atoms with Crippen LogP contribution in [-0.4, -0.2) is 31.6 Å². The normalized spacial score (nSPS) is 30.6. The van der Waals surface area contributed by atoms with Gasteiger partial charge in [-0.2, -0.15) is 11.3 Å². The predicted molar refractivity (Wildman–Crippen MR) is 80.2 cm³/mol. The molecule has 2 nitrogen and oxygen atoms in total. The minimum atomic E-state index is 0.271. The highest BCUT2D eigenvalue weighted by atomic mass is 32.1. The van der Waals surface area contributed by atoms with E-state index >= 15 is 0 Å². The Morgan fingerprint density at radius 1 is 1.50 bits per heavy atom.